The number of carbonyl (C=O) groups excluding carboxylic acids is 2. The van der Waals surface area contributed by atoms with Crippen molar-refractivity contribution < 1.29 is 9.59 Å². The van der Waals surface area contributed by atoms with E-state index in [-0.39, 0.29) is 11.9 Å². The third-order valence-corrected chi connectivity index (χ3v) is 5.54. The monoisotopic (exact) mass is 384 g/mol. The van der Waals surface area contributed by atoms with Crippen molar-refractivity contribution in [1.29, 1.82) is 0 Å². The third kappa shape index (κ3) is 3.21. The van der Waals surface area contributed by atoms with E-state index in [1.54, 1.807) is 11.1 Å². The Morgan fingerprint density at radius 2 is 1.86 bits per heavy atom. The third-order valence-electron chi connectivity index (χ3n) is 5.54. The van der Waals surface area contributed by atoms with E-state index < -0.39 is 12.2 Å². The number of rotatable bonds is 6. The van der Waals surface area contributed by atoms with E-state index in [1.165, 1.54) is 17.7 Å². The van der Waals surface area contributed by atoms with Crippen molar-refractivity contribution >= 4 is 23.6 Å². The van der Waals surface area contributed by atoms with Crippen molar-refractivity contribution in [2.24, 2.45) is 4.99 Å². The van der Waals surface area contributed by atoms with Gasteiger partial charge in [0.25, 0.3) is 5.91 Å². The molecule has 1 aromatic heterocycles. The Bertz CT molecular complexity index is 771. The minimum absolute atomic E-state index is 0.190. The molecule has 3 aliphatic rings. The molecule has 1 aromatic rings. The molecule has 3 aliphatic heterocycles. The smallest absolute Gasteiger partial charge is 0.328 e. The van der Waals surface area contributed by atoms with Gasteiger partial charge in [-0.25, -0.2) is 14.8 Å². The van der Waals surface area contributed by atoms with Gasteiger partial charge < -0.3 is 10.2 Å². The lowest BCUT2D eigenvalue weighted by Crippen LogP contribution is -2.65. The number of anilines is 1. The molecule has 0 bridgehead atoms. The molecule has 0 radical (unpaired) electrons. The van der Waals surface area contributed by atoms with Gasteiger partial charge in [0.1, 0.15) is 17.7 Å². The predicted octanol–water partition coefficient (Wildman–Crippen LogP) is 1.81. The topological polar surface area (TPSA) is 81.1 Å². The maximum Gasteiger partial charge on any atom is 0.328 e. The van der Waals surface area contributed by atoms with Gasteiger partial charge >= 0.3 is 6.03 Å². The Morgan fingerprint density at radius 3 is 2.50 bits per heavy atom. The van der Waals surface area contributed by atoms with Gasteiger partial charge in [0.05, 0.1) is 0 Å². The van der Waals surface area contributed by atoms with Crippen molar-refractivity contribution in [3.05, 3.63) is 23.9 Å². The summed E-state index contributed by atoms with van der Waals surface area (Å²) in [7, 11) is 0. The maximum atomic E-state index is 12.9. The number of nitrogens with zero attached hydrogens (tertiary/aromatic N) is 5. The minimum atomic E-state index is -0.524. The molecule has 4 heterocycles. The van der Waals surface area contributed by atoms with E-state index in [0.717, 1.165) is 37.3 Å². The second kappa shape index (κ2) is 7.77. The average molecular weight is 384 g/mol. The fraction of sp³-hybridized carbons (Fsp3) is 0.600. The zero-order valence-corrected chi connectivity index (χ0v) is 16.6. The first kappa shape index (κ1) is 18.7. The number of aromatic nitrogens is 1. The first-order valence-electron chi connectivity index (χ1n) is 10.3. The maximum absolute atomic E-state index is 12.9. The Balaban J connectivity index is 1.57. The zero-order valence-electron chi connectivity index (χ0n) is 16.6. The number of amides is 3. The first-order chi connectivity index (χ1) is 13.6. The Hall–Kier alpha value is -2.64. The van der Waals surface area contributed by atoms with Gasteiger partial charge in [0, 0.05) is 37.9 Å². The molecule has 28 heavy (non-hydrogen) atoms. The number of urea groups is 1. The Morgan fingerprint density at radius 1 is 1.11 bits per heavy atom. The summed E-state index contributed by atoms with van der Waals surface area (Å²) in [6.07, 6.45) is 5.29. The highest BCUT2D eigenvalue weighted by atomic mass is 16.2. The molecule has 2 fully saturated rings. The molecule has 2 unspecified atom stereocenters. The molecular formula is C20H28N6O2. The van der Waals surface area contributed by atoms with Crippen LogP contribution in [-0.2, 0) is 4.79 Å². The lowest BCUT2D eigenvalue weighted by atomic mass is 10.1. The molecule has 3 amide bonds. The van der Waals surface area contributed by atoms with Crippen LogP contribution in [0.15, 0.2) is 23.3 Å². The van der Waals surface area contributed by atoms with Crippen LogP contribution in [0.4, 0.5) is 10.6 Å². The molecule has 0 saturated carbocycles. The second-order valence-electron chi connectivity index (χ2n) is 7.58. The number of amidine groups is 1. The van der Waals surface area contributed by atoms with Gasteiger partial charge in [-0.3, -0.25) is 14.6 Å². The number of imide groups is 1. The minimum Gasteiger partial charge on any atom is -0.357 e. The molecule has 8 heteroatoms. The van der Waals surface area contributed by atoms with Crippen LogP contribution in [-0.4, -0.2) is 70.9 Å². The van der Waals surface area contributed by atoms with Gasteiger partial charge in [-0.15, -0.1) is 0 Å². The second-order valence-corrected chi connectivity index (χ2v) is 7.58. The Labute approximate surface area is 165 Å². The van der Waals surface area contributed by atoms with E-state index in [1.807, 2.05) is 26.0 Å². The molecule has 0 aromatic carbocycles. The summed E-state index contributed by atoms with van der Waals surface area (Å²) in [5.74, 6) is 1.42. The fourth-order valence-corrected chi connectivity index (χ4v) is 4.15. The summed E-state index contributed by atoms with van der Waals surface area (Å²) in [5, 5.41) is 3.26. The molecule has 0 aliphatic carbocycles. The van der Waals surface area contributed by atoms with E-state index in [9.17, 15) is 9.59 Å². The summed E-state index contributed by atoms with van der Waals surface area (Å²) < 4.78 is 0. The van der Waals surface area contributed by atoms with Crippen molar-refractivity contribution in [2.45, 2.75) is 51.7 Å². The summed E-state index contributed by atoms with van der Waals surface area (Å²) in [6.45, 7) is 7.10. The Kier molecular flexibility index (Phi) is 5.19. The highest BCUT2D eigenvalue weighted by Crippen LogP contribution is 2.25. The van der Waals surface area contributed by atoms with Crippen molar-refractivity contribution in [3.8, 4) is 0 Å². The average Bonchev–Trinajstić information content (AvgIpc) is 3.39. The van der Waals surface area contributed by atoms with Crippen LogP contribution in [0.1, 0.15) is 45.1 Å². The number of hydrogen-bond acceptors (Lipinski definition) is 6. The van der Waals surface area contributed by atoms with Crippen LogP contribution in [0.5, 0.6) is 0 Å². The number of nitrogens with one attached hydrogen (secondary N) is 1. The van der Waals surface area contributed by atoms with Crippen LogP contribution in [0.2, 0.25) is 0 Å². The molecule has 1 N–H and O–H groups in total. The molecule has 150 valence electrons. The van der Waals surface area contributed by atoms with Crippen molar-refractivity contribution in [1.82, 2.24) is 20.1 Å². The largest absolute Gasteiger partial charge is 0.357 e. The van der Waals surface area contributed by atoms with Crippen LogP contribution >= 0.6 is 0 Å². The summed E-state index contributed by atoms with van der Waals surface area (Å²) >= 11 is 0. The van der Waals surface area contributed by atoms with Crippen molar-refractivity contribution in [3.63, 3.8) is 0 Å². The van der Waals surface area contributed by atoms with Gasteiger partial charge in [0.2, 0.25) is 0 Å². The number of aliphatic imine (C=N–C) groups is 1. The van der Waals surface area contributed by atoms with E-state index in [4.69, 9.17) is 4.99 Å². The number of hydrogen-bond donors (Lipinski definition) is 1. The summed E-state index contributed by atoms with van der Waals surface area (Å²) in [6, 6.07) is 3.24. The van der Waals surface area contributed by atoms with Crippen LogP contribution in [0.3, 0.4) is 0 Å². The predicted molar refractivity (Wildman–Crippen MR) is 107 cm³/mol. The van der Waals surface area contributed by atoms with Crippen LogP contribution in [0.25, 0.3) is 0 Å². The fourth-order valence-electron chi connectivity index (χ4n) is 4.15. The quantitative estimate of drug-likeness (QED) is 0.809. The van der Waals surface area contributed by atoms with Crippen LogP contribution < -0.4 is 10.2 Å². The number of fused-ring (bicyclic) bond motifs is 1. The standard InChI is InChI=1S/C20H28N6O2/c1-3-9-25-18-16(19(27)26(10-4-2)20(25)28)22-17(23-18)14-7-8-15(21-13-14)24-11-5-6-12-24/h7-8,13,16,18H,3-6,9-12H2,1-2H3,(H,22,23). The van der Waals surface area contributed by atoms with Gasteiger partial charge in [-0.05, 0) is 37.8 Å². The van der Waals surface area contributed by atoms with E-state index >= 15 is 0 Å². The zero-order chi connectivity index (χ0) is 19.7. The molecule has 4 rings (SSSR count). The summed E-state index contributed by atoms with van der Waals surface area (Å²) in [5.41, 5.74) is 0.844. The van der Waals surface area contributed by atoms with Gasteiger partial charge in [-0.2, -0.15) is 0 Å². The highest BCUT2D eigenvalue weighted by Gasteiger charge is 2.49. The van der Waals surface area contributed by atoms with E-state index in [2.05, 4.69) is 15.2 Å². The lowest BCUT2D eigenvalue weighted by Gasteiger charge is -2.40. The number of pyridine rings is 1. The molecule has 8 nitrogen and oxygen atoms in total. The lowest BCUT2D eigenvalue weighted by molar-refractivity contribution is -0.134. The van der Waals surface area contributed by atoms with Crippen molar-refractivity contribution in [2.75, 3.05) is 31.1 Å². The van der Waals surface area contributed by atoms with Gasteiger partial charge in [-0.1, -0.05) is 13.8 Å². The number of carbonyl (C=O) groups is 2. The molecule has 2 saturated heterocycles. The molecule has 2 atom stereocenters. The first-order valence-corrected chi connectivity index (χ1v) is 10.3. The SMILES string of the molecule is CCCN1C(=O)C2NC(c3ccc(N4CCCC4)nc3)=NC2N(CCC)C1=O. The van der Waals surface area contributed by atoms with E-state index in [0.29, 0.717) is 18.9 Å². The van der Waals surface area contributed by atoms with Gasteiger partial charge in [0.15, 0.2) is 6.17 Å². The normalized spacial score (nSPS) is 24.5. The summed E-state index contributed by atoms with van der Waals surface area (Å²) in [4.78, 5) is 40.3. The van der Waals surface area contributed by atoms with Crippen LogP contribution in [0, 0.1) is 0 Å². The highest BCUT2D eigenvalue weighted by molar-refractivity contribution is 6.08. The molecule has 0 spiro atoms. The molecular weight excluding hydrogens is 356 g/mol.